The summed E-state index contributed by atoms with van der Waals surface area (Å²) in [4.78, 5) is 0. The van der Waals surface area contributed by atoms with E-state index < -0.39 is 5.82 Å². The Morgan fingerprint density at radius 2 is 2.33 bits per heavy atom. The fraction of sp³-hybridized carbons (Fsp3) is 0.250. The molecule has 0 spiro atoms. The molecule has 1 rings (SSSR count). The van der Waals surface area contributed by atoms with Gasteiger partial charge in [0.15, 0.2) is 0 Å². The highest BCUT2D eigenvalue weighted by Gasteiger charge is 2.08. The van der Waals surface area contributed by atoms with E-state index in [1.54, 1.807) is 12.1 Å². The zero-order chi connectivity index (χ0) is 11.3. The summed E-state index contributed by atoms with van der Waals surface area (Å²) in [6.45, 7) is 6.03. The standard InChI is InChI=1S/C12H12FNO/c1-9(2)6-7-15-12-5-3-4-11(13)10(12)8-14/h3-5H,1,6-7H2,2H3. The topological polar surface area (TPSA) is 33.0 Å². The predicted octanol–water partition coefficient (Wildman–Crippen LogP) is 3.04. The van der Waals surface area contributed by atoms with Gasteiger partial charge in [0.05, 0.1) is 6.61 Å². The second-order valence-electron chi connectivity index (χ2n) is 3.28. The number of benzene rings is 1. The Balaban J connectivity index is 2.73. The molecule has 0 saturated carbocycles. The summed E-state index contributed by atoms with van der Waals surface area (Å²) < 4.78 is 18.4. The van der Waals surface area contributed by atoms with Gasteiger partial charge in [0, 0.05) is 6.42 Å². The number of hydrogen-bond acceptors (Lipinski definition) is 2. The smallest absolute Gasteiger partial charge is 0.144 e. The van der Waals surface area contributed by atoms with Crippen LogP contribution in [0.2, 0.25) is 0 Å². The maximum Gasteiger partial charge on any atom is 0.144 e. The maximum atomic E-state index is 13.1. The molecule has 0 aliphatic carbocycles. The summed E-state index contributed by atoms with van der Waals surface area (Å²) in [5.74, 6) is -0.260. The van der Waals surface area contributed by atoms with Crippen LogP contribution in [0.5, 0.6) is 5.75 Å². The van der Waals surface area contributed by atoms with E-state index in [-0.39, 0.29) is 5.56 Å². The van der Waals surface area contributed by atoms with E-state index in [9.17, 15) is 4.39 Å². The van der Waals surface area contributed by atoms with Crippen LogP contribution in [0.25, 0.3) is 0 Å². The van der Waals surface area contributed by atoms with Crippen LogP contribution in [0.15, 0.2) is 30.4 Å². The number of nitriles is 1. The van der Waals surface area contributed by atoms with Crippen LogP contribution in [-0.2, 0) is 0 Å². The van der Waals surface area contributed by atoms with Crippen LogP contribution >= 0.6 is 0 Å². The molecule has 0 bridgehead atoms. The molecule has 0 aliphatic heterocycles. The first-order chi connectivity index (χ1) is 7.15. The number of halogens is 1. The Morgan fingerprint density at radius 3 is 2.93 bits per heavy atom. The van der Waals surface area contributed by atoms with E-state index in [0.717, 1.165) is 5.57 Å². The van der Waals surface area contributed by atoms with Crippen molar-refractivity contribution in [2.75, 3.05) is 6.61 Å². The second kappa shape index (κ2) is 5.16. The Kier molecular flexibility index (Phi) is 3.87. The van der Waals surface area contributed by atoms with Crippen molar-refractivity contribution in [1.29, 1.82) is 5.26 Å². The van der Waals surface area contributed by atoms with Gasteiger partial charge >= 0.3 is 0 Å². The monoisotopic (exact) mass is 205 g/mol. The van der Waals surface area contributed by atoms with Crippen molar-refractivity contribution in [1.82, 2.24) is 0 Å². The first-order valence-corrected chi connectivity index (χ1v) is 4.61. The molecule has 78 valence electrons. The molecule has 0 aromatic heterocycles. The molecule has 0 fully saturated rings. The molecule has 0 saturated heterocycles. The fourth-order valence-corrected chi connectivity index (χ4v) is 1.07. The van der Waals surface area contributed by atoms with Crippen LogP contribution < -0.4 is 4.74 Å². The van der Waals surface area contributed by atoms with Crippen molar-refractivity contribution in [3.63, 3.8) is 0 Å². The largest absolute Gasteiger partial charge is 0.492 e. The minimum atomic E-state index is -0.551. The summed E-state index contributed by atoms with van der Waals surface area (Å²) in [6.07, 6.45) is 0.696. The Bertz CT molecular complexity index is 407. The molecule has 1 aromatic rings. The van der Waals surface area contributed by atoms with E-state index in [1.807, 2.05) is 6.92 Å². The summed E-state index contributed by atoms with van der Waals surface area (Å²) in [7, 11) is 0. The summed E-state index contributed by atoms with van der Waals surface area (Å²) in [5.41, 5.74) is 0.948. The molecule has 0 amide bonds. The van der Waals surface area contributed by atoms with Crippen LogP contribution in [-0.4, -0.2) is 6.61 Å². The lowest BCUT2D eigenvalue weighted by atomic mass is 10.2. The molecular formula is C12H12FNO. The van der Waals surface area contributed by atoms with Gasteiger partial charge in [-0.05, 0) is 19.1 Å². The molecule has 1 aromatic carbocycles. The molecule has 0 N–H and O–H groups in total. The molecule has 15 heavy (non-hydrogen) atoms. The molecular weight excluding hydrogens is 193 g/mol. The minimum absolute atomic E-state index is 0.0424. The highest BCUT2D eigenvalue weighted by Crippen LogP contribution is 2.20. The van der Waals surface area contributed by atoms with E-state index >= 15 is 0 Å². The van der Waals surface area contributed by atoms with Gasteiger partial charge < -0.3 is 4.74 Å². The Hall–Kier alpha value is -1.82. The van der Waals surface area contributed by atoms with Gasteiger partial charge in [-0.25, -0.2) is 4.39 Å². The molecule has 3 heteroatoms. The lowest BCUT2D eigenvalue weighted by Gasteiger charge is -2.07. The number of hydrogen-bond donors (Lipinski definition) is 0. The van der Waals surface area contributed by atoms with Gasteiger partial charge in [0.25, 0.3) is 0 Å². The van der Waals surface area contributed by atoms with Crippen molar-refractivity contribution >= 4 is 0 Å². The summed E-state index contributed by atoms with van der Waals surface area (Å²) in [6, 6.07) is 6.12. The average Bonchev–Trinajstić information content (AvgIpc) is 2.17. The zero-order valence-electron chi connectivity index (χ0n) is 8.59. The first kappa shape index (κ1) is 11.3. The Morgan fingerprint density at radius 1 is 1.60 bits per heavy atom. The average molecular weight is 205 g/mol. The third kappa shape index (κ3) is 3.10. The third-order valence-corrected chi connectivity index (χ3v) is 1.87. The van der Waals surface area contributed by atoms with E-state index in [0.29, 0.717) is 18.8 Å². The highest BCUT2D eigenvalue weighted by atomic mass is 19.1. The van der Waals surface area contributed by atoms with Crippen molar-refractivity contribution in [2.45, 2.75) is 13.3 Å². The van der Waals surface area contributed by atoms with Gasteiger partial charge in [-0.3, -0.25) is 0 Å². The zero-order valence-corrected chi connectivity index (χ0v) is 8.59. The lowest BCUT2D eigenvalue weighted by Crippen LogP contribution is -2.00. The van der Waals surface area contributed by atoms with Crippen molar-refractivity contribution in [3.8, 4) is 11.8 Å². The predicted molar refractivity (Wildman–Crippen MR) is 56.0 cm³/mol. The van der Waals surface area contributed by atoms with E-state index in [4.69, 9.17) is 10.00 Å². The summed E-state index contributed by atoms with van der Waals surface area (Å²) >= 11 is 0. The van der Waals surface area contributed by atoms with Crippen LogP contribution in [0.4, 0.5) is 4.39 Å². The SMILES string of the molecule is C=C(C)CCOc1cccc(F)c1C#N. The number of rotatable bonds is 4. The molecule has 0 unspecified atom stereocenters. The van der Waals surface area contributed by atoms with Gasteiger partial charge in [-0.15, -0.1) is 6.58 Å². The number of ether oxygens (including phenoxy) is 1. The molecule has 0 atom stereocenters. The van der Waals surface area contributed by atoms with Crippen molar-refractivity contribution in [3.05, 3.63) is 41.7 Å². The van der Waals surface area contributed by atoms with E-state index in [1.165, 1.54) is 12.1 Å². The van der Waals surface area contributed by atoms with Gasteiger partial charge in [-0.2, -0.15) is 5.26 Å². The summed E-state index contributed by atoms with van der Waals surface area (Å²) in [5, 5.41) is 8.72. The fourth-order valence-electron chi connectivity index (χ4n) is 1.07. The maximum absolute atomic E-state index is 13.1. The molecule has 0 aliphatic rings. The van der Waals surface area contributed by atoms with Crippen LogP contribution in [0, 0.1) is 17.1 Å². The molecule has 2 nitrogen and oxygen atoms in total. The normalized spacial score (nSPS) is 9.40. The third-order valence-electron chi connectivity index (χ3n) is 1.87. The lowest BCUT2D eigenvalue weighted by molar-refractivity contribution is 0.319. The molecule has 0 heterocycles. The quantitative estimate of drug-likeness (QED) is 0.708. The van der Waals surface area contributed by atoms with Gasteiger partial charge in [0.1, 0.15) is 23.2 Å². The van der Waals surface area contributed by atoms with Crippen LogP contribution in [0.1, 0.15) is 18.9 Å². The van der Waals surface area contributed by atoms with Crippen molar-refractivity contribution < 1.29 is 9.13 Å². The van der Waals surface area contributed by atoms with Gasteiger partial charge in [0.2, 0.25) is 0 Å². The van der Waals surface area contributed by atoms with Gasteiger partial charge in [-0.1, -0.05) is 11.6 Å². The highest BCUT2D eigenvalue weighted by molar-refractivity contribution is 5.43. The van der Waals surface area contributed by atoms with E-state index in [2.05, 4.69) is 6.58 Å². The molecule has 0 radical (unpaired) electrons. The number of nitrogens with zero attached hydrogens (tertiary/aromatic N) is 1. The second-order valence-corrected chi connectivity index (χ2v) is 3.28. The minimum Gasteiger partial charge on any atom is -0.492 e. The Labute approximate surface area is 88.6 Å². The van der Waals surface area contributed by atoms with Crippen molar-refractivity contribution in [2.24, 2.45) is 0 Å². The van der Waals surface area contributed by atoms with Crippen LogP contribution in [0.3, 0.4) is 0 Å². The first-order valence-electron chi connectivity index (χ1n) is 4.61.